The molecular formula is C24H36N4O3. The van der Waals surface area contributed by atoms with Crippen molar-refractivity contribution in [1.82, 2.24) is 15.5 Å². The van der Waals surface area contributed by atoms with Gasteiger partial charge >= 0.3 is 0 Å². The van der Waals surface area contributed by atoms with E-state index < -0.39 is 0 Å². The molecule has 3 rings (SSSR count). The van der Waals surface area contributed by atoms with E-state index in [1.807, 2.05) is 12.1 Å². The molecule has 7 nitrogen and oxygen atoms in total. The Labute approximate surface area is 185 Å². The standard InChI is InChI=1S/C24H36N4O3/c1-3-25-24(26-11-5-14-30-19-22-6-4-15-31-22)27-18-23(28-12-16-29-17-13-28)21-9-7-20(2)8-10-21/h4,6-10,15,23H,3,5,11-14,16-19H2,1-2H3,(H2,25,26,27). The molecule has 7 heteroatoms. The van der Waals surface area contributed by atoms with E-state index in [9.17, 15) is 0 Å². The number of benzene rings is 1. The van der Waals surface area contributed by atoms with Crippen molar-refractivity contribution in [2.45, 2.75) is 32.9 Å². The van der Waals surface area contributed by atoms with E-state index in [2.05, 4.69) is 53.6 Å². The van der Waals surface area contributed by atoms with Crippen LogP contribution in [0.3, 0.4) is 0 Å². The minimum absolute atomic E-state index is 0.247. The first kappa shape index (κ1) is 23.3. The lowest BCUT2D eigenvalue weighted by molar-refractivity contribution is 0.0179. The third kappa shape index (κ3) is 8.01. The average Bonchev–Trinajstić information content (AvgIpc) is 3.31. The molecule has 0 spiro atoms. The first-order valence-electron chi connectivity index (χ1n) is 11.3. The van der Waals surface area contributed by atoms with Gasteiger partial charge in [0.05, 0.1) is 32.1 Å². The van der Waals surface area contributed by atoms with E-state index in [-0.39, 0.29) is 6.04 Å². The predicted molar refractivity (Wildman–Crippen MR) is 123 cm³/mol. The fourth-order valence-electron chi connectivity index (χ4n) is 3.58. The lowest BCUT2D eigenvalue weighted by atomic mass is 10.0. The highest BCUT2D eigenvalue weighted by atomic mass is 16.5. The van der Waals surface area contributed by atoms with Gasteiger partial charge in [0.25, 0.3) is 0 Å². The highest BCUT2D eigenvalue weighted by Gasteiger charge is 2.22. The minimum atomic E-state index is 0.247. The SMILES string of the molecule is CCNC(=NCC(c1ccc(C)cc1)N1CCOCC1)NCCCOCc1ccco1. The van der Waals surface area contributed by atoms with Gasteiger partial charge in [0.2, 0.25) is 0 Å². The summed E-state index contributed by atoms with van der Waals surface area (Å²) in [5, 5.41) is 6.78. The molecule has 170 valence electrons. The zero-order valence-electron chi connectivity index (χ0n) is 18.8. The Kier molecular flexibility index (Phi) is 9.89. The van der Waals surface area contributed by atoms with Gasteiger partial charge in [-0.2, -0.15) is 0 Å². The molecule has 1 aromatic heterocycles. The van der Waals surface area contributed by atoms with Gasteiger partial charge in [0, 0.05) is 32.8 Å². The maximum atomic E-state index is 5.65. The van der Waals surface area contributed by atoms with Crippen LogP contribution in [-0.4, -0.2) is 63.4 Å². The van der Waals surface area contributed by atoms with Gasteiger partial charge < -0.3 is 24.5 Å². The van der Waals surface area contributed by atoms with E-state index in [0.717, 1.165) is 57.5 Å². The van der Waals surface area contributed by atoms with Crippen molar-refractivity contribution in [2.24, 2.45) is 4.99 Å². The summed E-state index contributed by atoms with van der Waals surface area (Å²) in [6.45, 7) is 11.2. The molecule has 1 atom stereocenters. The summed E-state index contributed by atoms with van der Waals surface area (Å²) in [6, 6.07) is 12.9. The van der Waals surface area contributed by atoms with Crippen LogP contribution in [0.4, 0.5) is 0 Å². The summed E-state index contributed by atoms with van der Waals surface area (Å²) in [7, 11) is 0. The number of hydrogen-bond acceptors (Lipinski definition) is 5. The van der Waals surface area contributed by atoms with Crippen LogP contribution in [0.25, 0.3) is 0 Å². The Hall–Kier alpha value is -2.35. The lowest BCUT2D eigenvalue weighted by Crippen LogP contribution is -2.42. The first-order valence-corrected chi connectivity index (χ1v) is 11.3. The van der Waals surface area contributed by atoms with Gasteiger partial charge in [-0.25, -0.2) is 0 Å². The van der Waals surface area contributed by atoms with E-state index in [4.69, 9.17) is 18.9 Å². The topological polar surface area (TPSA) is 71.3 Å². The van der Waals surface area contributed by atoms with Crippen molar-refractivity contribution in [2.75, 3.05) is 52.5 Å². The molecule has 0 bridgehead atoms. The number of rotatable bonds is 11. The van der Waals surface area contributed by atoms with Crippen molar-refractivity contribution in [3.05, 3.63) is 59.5 Å². The average molecular weight is 429 g/mol. The number of ether oxygens (including phenoxy) is 2. The molecule has 1 aliphatic heterocycles. The van der Waals surface area contributed by atoms with Crippen LogP contribution in [0, 0.1) is 6.92 Å². The molecule has 31 heavy (non-hydrogen) atoms. The van der Waals surface area contributed by atoms with Gasteiger partial charge in [-0.15, -0.1) is 0 Å². The molecule has 0 aliphatic carbocycles. The highest BCUT2D eigenvalue weighted by molar-refractivity contribution is 5.79. The summed E-state index contributed by atoms with van der Waals surface area (Å²) in [5.41, 5.74) is 2.58. The Balaban J connectivity index is 1.51. The Bertz CT molecular complexity index is 756. The number of guanidine groups is 1. The van der Waals surface area contributed by atoms with E-state index >= 15 is 0 Å². The van der Waals surface area contributed by atoms with Crippen molar-refractivity contribution >= 4 is 5.96 Å². The van der Waals surface area contributed by atoms with E-state index in [1.54, 1.807) is 6.26 Å². The van der Waals surface area contributed by atoms with E-state index in [0.29, 0.717) is 19.8 Å². The number of aliphatic imine (C=N–C) groups is 1. The summed E-state index contributed by atoms with van der Waals surface area (Å²) in [5.74, 6) is 1.70. The van der Waals surface area contributed by atoms with Crippen LogP contribution in [-0.2, 0) is 16.1 Å². The summed E-state index contributed by atoms with van der Waals surface area (Å²) in [6.07, 6.45) is 2.57. The maximum absolute atomic E-state index is 5.65. The Morgan fingerprint density at radius 1 is 1.16 bits per heavy atom. The minimum Gasteiger partial charge on any atom is -0.467 e. The molecule has 0 saturated carbocycles. The first-order chi connectivity index (χ1) is 15.3. The fraction of sp³-hybridized carbons (Fsp3) is 0.542. The Morgan fingerprint density at radius 2 is 1.97 bits per heavy atom. The number of aryl methyl sites for hydroxylation is 1. The van der Waals surface area contributed by atoms with Gasteiger partial charge in [0.15, 0.2) is 5.96 Å². The summed E-state index contributed by atoms with van der Waals surface area (Å²) >= 11 is 0. The third-order valence-corrected chi connectivity index (χ3v) is 5.30. The fourth-order valence-corrected chi connectivity index (χ4v) is 3.58. The third-order valence-electron chi connectivity index (χ3n) is 5.30. The molecule has 1 aliphatic rings. The molecular weight excluding hydrogens is 392 g/mol. The normalized spacial score (nSPS) is 16.3. The zero-order valence-corrected chi connectivity index (χ0v) is 18.8. The maximum Gasteiger partial charge on any atom is 0.191 e. The smallest absolute Gasteiger partial charge is 0.191 e. The summed E-state index contributed by atoms with van der Waals surface area (Å²) < 4.78 is 16.5. The molecule has 2 heterocycles. The second-order valence-corrected chi connectivity index (χ2v) is 7.71. The van der Waals surface area contributed by atoms with Crippen LogP contribution in [0.15, 0.2) is 52.1 Å². The predicted octanol–water partition coefficient (Wildman–Crippen LogP) is 3.12. The molecule has 1 saturated heterocycles. The Morgan fingerprint density at radius 3 is 2.68 bits per heavy atom. The van der Waals surface area contributed by atoms with Crippen molar-refractivity contribution < 1.29 is 13.9 Å². The largest absolute Gasteiger partial charge is 0.467 e. The van der Waals surface area contributed by atoms with Crippen molar-refractivity contribution in [1.29, 1.82) is 0 Å². The number of hydrogen-bond donors (Lipinski definition) is 2. The van der Waals surface area contributed by atoms with Crippen molar-refractivity contribution in [3.63, 3.8) is 0 Å². The van der Waals surface area contributed by atoms with Crippen LogP contribution in [0.2, 0.25) is 0 Å². The number of furan rings is 1. The number of nitrogens with zero attached hydrogens (tertiary/aromatic N) is 2. The molecule has 0 radical (unpaired) electrons. The number of nitrogens with one attached hydrogen (secondary N) is 2. The van der Waals surface area contributed by atoms with Gasteiger partial charge in [-0.05, 0) is 38.0 Å². The van der Waals surface area contributed by atoms with Crippen LogP contribution in [0.5, 0.6) is 0 Å². The molecule has 1 fully saturated rings. The quantitative estimate of drug-likeness (QED) is 0.326. The highest BCUT2D eigenvalue weighted by Crippen LogP contribution is 2.22. The molecule has 2 N–H and O–H groups in total. The van der Waals surface area contributed by atoms with Crippen molar-refractivity contribution in [3.8, 4) is 0 Å². The molecule has 1 aromatic carbocycles. The van der Waals surface area contributed by atoms with E-state index in [1.165, 1.54) is 11.1 Å². The van der Waals surface area contributed by atoms with Crippen LogP contribution < -0.4 is 10.6 Å². The lowest BCUT2D eigenvalue weighted by Gasteiger charge is -2.34. The molecule has 2 aromatic rings. The number of morpholine rings is 1. The zero-order chi connectivity index (χ0) is 21.7. The van der Waals surface area contributed by atoms with Crippen LogP contribution in [0.1, 0.15) is 36.3 Å². The second-order valence-electron chi connectivity index (χ2n) is 7.71. The van der Waals surface area contributed by atoms with Gasteiger partial charge in [-0.1, -0.05) is 29.8 Å². The van der Waals surface area contributed by atoms with Gasteiger partial charge in [0.1, 0.15) is 12.4 Å². The van der Waals surface area contributed by atoms with Gasteiger partial charge in [-0.3, -0.25) is 9.89 Å². The molecule has 1 unspecified atom stereocenters. The van der Waals surface area contributed by atoms with Crippen LogP contribution >= 0.6 is 0 Å². The molecule has 0 amide bonds. The second kappa shape index (κ2) is 13.1. The monoisotopic (exact) mass is 428 g/mol. The summed E-state index contributed by atoms with van der Waals surface area (Å²) in [4.78, 5) is 7.38.